The molecule has 2 rings (SSSR count). The van der Waals surface area contributed by atoms with E-state index >= 15 is 0 Å². The minimum Gasteiger partial charge on any atom is -0.394 e. The molecule has 0 aliphatic carbocycles. The third kappa shape index (κ3) is 13.9. The van der Waals surface area contributed by atoms with E-state index in [0.717, 1.165) is 32.1 Å². The molecule has 14 heteroatoms. The summed E-state index contributed by atoms with van der Waals surface area (Å²) in [5, 5.41) is 85.1. The van der Waals surface area contributed by atoms with Crippen LogP contribution in [0.25, 0.3) is 0 Å². The van der Waals surface area contributed by atoms with Crippen LogP contribution in [-0.2, 0) is 23.7 Å². The Morgan fingerprint density at radius 3 is 1.91 bits per heavy atom. The summed E-state index contributed by atoms with van der Waals surface area (Å²) in [6, 6.07) is -0.901. The standard InChI is InChI=1S/C33H61NO13/c1-3-5-7-8-9-10-11-12-13-15-17-25(38)34-21(22(37)16-14-6-4-2)20-44-32-30(43)28(41)31(24(19-36)46-32)47-33-29(42)27(40)26(39)23(18-35)45-33/h14,16,21-24,26-33,35-37,39-43H,3-13,15,17-20H2,1-2H3,(H,34,38)/b16-14+. The number of amides is 1. The molecule has 2 aliphatic heterocycles. The molecule has 2 fully saturated rings. The molecule has 0 aromatic rings. The van der Waals surface area contributed by atoms with Gasteiger partial charge in [0.15, 0.2) is 12.6 Å². The van der Waals surface area contributed by atoms with Crippen LogP contribution in [0.4, 0.5) is 0 Å². The predicted octanol–water partition coefficient (Wildman–Crippen LogP) is 0.140. The summed E-state index contributed by atoms with van der Waals surface area (Å²) >= 11 is 0. The van der Waals surface area contributed by atoms with Crippen molar-refractivity contribution in [3.63, 3.8) is 0 Å². The van der Waals surface area contributed by atoms with Gasteiger partial charge in [-0.1, -0.05) is 90.2 Å². The number of hydrogen-bond acceptors (Lipinski definition) is 13. The zero-order chi connectivity index (χ0) is 34.8. The second-order valence-corrected chi connectivity index (χ2v) is 12.7. The Kier molecular flexibility index (Phi) is 20.7. The van der Waals surface area contributed by atoms with Crippen LogP contribution in [0.2, 0.25) is 0 Å². The maximum Gasteiger partial charge on any atom is 0.220 e. The van der Waals surface area contributed by atoms with Crippen LogP contribution in [0.1, 0.15) is 97.3 Å². The molecule has 12 atom stereocenters. The number of unbranched alkanes of at least 4 members (excludes halogenated alkanes) is 10. The predicted molar refractivity (Wildman–Crippen MR) is 171 cm³/mol. The second-order valence-electron chi connectivity index (χ2n) is 12.7. The van der Waals surface area contributed by atoms with Crippen molar-refractivity contribution in [3.05, 3.63) is 12.2 Å². The topological polar surface area (TPSA) is 228 Å². The van der Waals surface area contributed by atoms with Gasteiger partial charge in [-0.05, 0) is 12.8 Å². The molecule has 0 aromatic heterocycles. The second kappa shape index (κ2) is 23.2. The summed E-state index contributed by atoms with van der Waals surface area (Å²) in [6.07, 6.45) is -0.336. The van der Waals surface area contributed by atoms with Gasteiger partial charge in [0.05, 0.1) is 32.0 Å². The highest BCUT2D eigenvalue weighted by Gasteiger charge is 2.50. The van der Waals surface area contributed by atoms with Crippen molar-refractivity contribution < 1.29 is 64.6 Å². The van der Waals surface area contributed by atoms with Crippen LogP contribution < -0.4 is 5.32 Å². The molecular weight excluding hydrogens is 618 g/mol. The normalized spacial score (nSPS) is 32.8. The van der Waals surface area contributed by atoms with Gasteiger partial charge in [0.2, 0.25) is 5.91 Å². The van der Waals surface area contributed by atoms with Gasteiger partial charge in [-0.15, -0.1) is 0 Å². The highest BCUT2D eigenvalue weighted by Crippen LogP contribution is 2.29. The Morgan fingerprint density at radius 1 is 0.745 bits per heavy atom. The van der Waals surface area contributed by atoms with Gasteiger partial charge < -0.3 is 65.1 Å². The van der Waals surface area contributed by atoms with E-state index < -0.39 is 86.8 Å². The third-order valence-corrected chi connectivity index (χ3v) is 8.71. The molecule has 276 valence electrons. The fraction of sp³-hybridized carbons (Fsp3) is 0.909. The summed E-state index contributed by atoms with van der Waals surface area (Å²) in [7, 11) is 0. The zero-order valence-electron chi connectivity index (χ0n) is 28.0. The van der Waals surface area contributed by atoms with Gasteiger partial charge in [0.1, 0.15) is 48.8 Å². The number of aliphatic hydroxyl groups is 8. The fourth-order valence-corrected chi connectivity index (χ4v) is 5.71. The van der Waals surface area contributed by atoms with E-state index in [0.29, 0.717) is 6.42 Å². The number of rotatable bonds is 23. The average Bonchev–Trinajstić information content (AvgIpc) is 3.06. The van der Waals surface area contributed by atoms with Gasteiger partial charge >= 0.3 is 0 Å². The molecule has 2 aliphatic rings. The first-order valence-electron chi connectivity index (χ1n) is 17.4. The monoisotopic (exact) mass is 679 g/mol. The number of aliphatic hydroxyl groups excluding tert-OH is 8. The number of ether oxygens (including phenoxy) is 4. The molecule has 0 radical (unpaired) electrons. The number of hydrogen-bond donors (Lipinski definition) is 9. The highest BCUT2D eigenvalue weighted by molar-refractivity contribution is 5.76. The first kappa shape index (κ1) is 41.9. The molecule has 14 nitrogen and oxygen atoms in total. The molecule has 0 bridgehead atoms. The van der Waals surface area contributed by atoms with Gasteiger partial charge in [0.25, 0.3) is 0 Å². The van der Waals surface area contributed by atoms with E-state index in [1.807, 2.05) is 6.92 Å². The molecule has 1 amide bonds. The van der Waals surface area contributed by atoms with Crippen molar-refractivity contribution >= 4 is 5.91 Å². The first-order valence-corrected chi connectivity index (χ1v) is 17.4. The Bertz CT molecular complexity index is 862. The van der Waals surface area contributed by atoms with Crippen LogP contribution >= 0.6 is 0 Å². The van der Waals surface area contributed by atoms with Crippen molar-refractivity contribution in [3.8, 4) is 0 Å². The lowest BCUT2D eigenvalue weighted by atomic mass is 9.97. The summed E-state index contributed by atoms with van der Waals surface area (Å²) in [4.78, 5) is 12.8. The van der Waals surface area contributed by atoms with E-state index in [9.17, 15) is 45.6 Å². The lowest BCUT2D eigenvalue weighted by Gasteiger charge is -2.46. The van der Waals surface area contributed by atoms with Crippen LogP contribution in [-0.4, -0.2) is 140 Å². The third-order valence-electron chi connectivity index (χ3n) is 8.71. The molecule has 0 spiro atoms. The maximum atomic E-state index is 12.8. The van der Waals surface area contributed by atoms with E-state index in [2.05, 4.69) is 12.2 Å². The molecule has 0 aromatic carbocycles. The van der Waals surface area contributed by atoms with Crippen molar-refractivity contribution in [2.24, 2.45) is 0 Å². The molecule has 2 heterocycles. The molecule has 9 N–H and O–H groups in total. The van der Waals surface area contributed by atoms with Crippen LogP contribution in [0, 0.1) is 0 Å². The zero-order valence-corrected chi connectivity index (χ0v) is 28.0. The highest BCUT2D eigenvalue weighted by atomic mass is 16.7. The molecule has 0 saturated carbocycles. The molecule has 47 heavy (non-hydrogen) atoms. The number of carbonyl (C=O) groups excluding carboxylic acids is 1. The fourth-order valence-electron chi connectivity index (χ4n) is 5.71. The molecule has 2 saturated heterocycles. The Hall–Kier alpha value is -1.27. The van der Waals surface area contributed by atoms with Crippen LogP contribution in [0.15, 0.2) is 12.2 Å². The average molecular weight is 680 g/mol. The van der Waals surface area contributed by atoms with E-state index in [4.69, 9.17) is 18.9 Å². The smallest absolute Gasteiger partial charge is 0.220 e. The summed E-state index contributed by atoms with van der Waals surface area (Å²) < 4.78 is 22.3. The van der Waals surface area contributed by atoms with Crippen LogP contribution in [0.3, 0.4) is 0 Å². The number of carbonyl (C=O) groups is 1. The largest absolute Gasteiger partial charge is 0.394 e. The molecule has 12 unspecified atom stereocenters. The quantitative estimate of drug-likeness (QED) is 0.0518. The Balaban J connectivity index is 1.93. The lowest BCUT2D eigenvalue weighted by molar-refractivity contribution is -0.359. The number of allylic oxidation sites excluding steroid dienone is 1. The van der Waals surface area contributed by atoms with E-state index in [1.165, 1.54) is 38.5 Å². The number of nitrogens with one attached hydrogen (secondary N) is 1. The summed E-state index contributed by atoms with van der Waals surface area (Å²) in [5.41, 5.74) is 0. The van der Waals surface area contributed by atoms with Gasteiger partial charge in [-0.3, -0.25) is 4.79 Å². The van der Waals surface area contributed by atoms with Crippen molar-refractivity contribution in [2.45, 2.75) is 171 Å². The Morgan fingerprint density at radius 2 is 1.32 bits per heavy atom. The van der Waals surface area contributed by atoms with E-state index in [-0.39, 0.29) is 18.9 Å². The van der Waals surface area contributed by atoms with Crippen molar-refractivity contribution in [1.82, 2.24) is 5.32 Å². The lowest BCUT2D eigenvalue weighted by Crippen LogP contribution is -2.65. The minimum atomic E-state index is -1.78. The Labute approximate surface area is 278 Å². The summed E-state index contributed by atoms with van der Waals surface area (Å²) in [5.74, 6) is -0.257. The van der Waals surface area contributed by atoms with Gasteiger partial charge in [0, 0.05) is 6.42 Å². The SMILES string of the molecule is CCC/C=C/C(O)C(COC1OC(CO)C(OC2OC(CO)C(O)C(O)C2O)C(O)C1O)NC(=O)CCCCCCCCCCCC. The maximum absolute atomic E-state index is 12.8. The minimum absolute atomic E-state index is 0.257. The van der Waals surface area contributed by atoms with Gasteiger partial charge in [-0.25, -0.2) is 0 Å². The van der Waals surface area contributed by atoms with E-state index in [1.54, 1.807) is 12.2 Å². The molecular formula is C33H61NO13. The summed E-state index contributed by atoms with van der Waals surface area (Å²) in [6.45, 7) is 2.48. The first-order chi connectivity index (χ1) is 22.6. The van der Waals surface area contributed by atoms with Gasteiger partial charge in [-0.2, -0.15) is 0 Å². The van der Waals surface area contributed by atoms with Crippen molar-refractivity contribution in [1.29, 1.82) is 0 Å². The van der Waals surface area contributed by atoms with Crippen LogP contribution in [0.5, 0.6) is 0 Å². The van der Waals surface area contributed by atoms with Crippen molar-refractivity contribution in [2.75, 3.05) is 19.8 Å².